The maximum atomic E-state index is 5.51. The normalized spacial score (nSPS) is 12.2. The van der Waals surface area contributed by atoms with Crippen LogP contribution in [0.1, 0.15) is 0 Å². The van der Waals surface area contributed by atoms with Crippen LogP contribution in [0.3, 0.4) is 0 Å². The van der Waals surface area contributed by atoms with Crippen molar-refractivity contribution in [2.75, 3.05) is 0 Å². The molecule has 0 aliphatic heterocycles. The highest BCUT2D eigenvalue weighted by atomic mass is 15.0. The predicted molar refractivity (Wildman–Crippen MR) is 598 cm³/mol. The Hall–Kier alpha value is -19.0. The molecule has 6 aromatic heterocycles. The molecule has 0 spiro atoms. The Morgan fingerprint density at radius 3 is 1.06 bits per heavy atom. The molecule has 0 amide bonds. The van der Waals surface area contributed by atoms with Gasteiger partial charge in [0.2, 0.25) is 0 Å². The molecule has 8 nitrogen and oxygen atoms in total. The second-order valence-electron chi connectivity index (χ2n) is 38.1. The van der Waals surface area contributed by atoms with Gasteiger partial charge in [-0.15, -0.1) is 0 Å². The van der Waals surface area contributed by atoms with E-state index in [-0.39, 0.29) is 0 Å². The molecule has 0 bridgehead atoms. The summed E-state index contributed by atoms with van der Waals surface area (Å²) in [7, 11) is 0. The molecule has 0 atom stereocenters. The number of hydrogen-bond donors (Lipinski definition) is 0. The van der Waals surface area contributed by atoms with Gasteiger partial charge in [-0.25, -0.2) is 19.9 Å². The Balaban J connectivity index is 0.000000130. The maximum Gasteiger partial charge on any atom is 0.0979 e. The molecule has 8 heteroatoms. The Labute approximate surface area is 812 Å². The van der Waals surface area contributed by atoms with Crippen LogP contribution in [0.5, 0.6) is 0 Å². The largest absolute Gasteiger partial charge is 0.309 e. The minimum atomic E-state index is 0.864. The molecular weight excluding hydrogens is 1720 g/mol. The van der Waals surface area contributed by atoms with Gasteiger partial charge in [0, 0.05) is 82.1 Å². The quantitative estimate of drug-likeness (QED) is 0.142. The molecule has 25 aromatic carbocycles. The summed E-state index contributed by atoms with van der Waals surface area (Å²) in [5.41, 5.74) is 30.3. The van der Waals surface area contributed by atoms with Crippen LogP contribution in [-0.2, 0) is 0 Å². The van der Waals surface area contributed by atoms with Crippen molar-refractivity contribution in [1.82, 2.24) is 38.2 Å². The first kappa shape index (κ1) is 78.2. The van der Waals surface area contributed by atoms with E-state index >= 15 is 0 Å². The minimum absolute atomic E-state index is 0.864. The molecule has 0 saturated heterocycles. The zero-order valence-corrected chi connectivity index (χ0v) is 76.6. The summed E-state index contributed by atoms with van der Waals surface area (Å²) in [6, 6.07) is 173. The lowest BCUT2D eigenvalue weighted by molar-refractivity contribution is 1.17. The first-order valence-corrected chi connectivity index (χ1v) is 48.8. The molecule has 1 aliphatic carbocycles. The fourth-order valence-electron chi connectivity index (χ4n) is 24.3. The first-order chi connectivity index (χ1) is 70.4. The standard InChI is InChI=1S/C68H40N4.C66H38N4/c1-3-17-43-39-64-57(36-41(43)15-1)54-24-9-12-28-61(54)72(64)63-30-14-29-62-66(63)58-37-42-16-2-4-18-44(42)40-65(58)71(62)47-32-34-48-45(35-47)19-13-25-55(48)68-67(69-59-26-10-11-27-60(59)70-68)46-31-33-53-51-22-6-5-20-49(51)50-21-7-8-23-52(50)56(53)38-46;1-2-15-40-37-62-55(35-39(40)14-1)48-20-7-11-26-59(48)69(62)43-29-28-41-38-63-56(36-42(41)34-43)49-21-8-12-27-60(49)70(63)61-33-32-53(46-18-5-6-19-47(46)61)65-66(68-58-25-10-9-24-57(58)67-65)54-31-30-52-45-17-4-3-16-44(45)50-22-13-23-51(54)64(50)52/h1-40H;1-38H. The topological polar surface area (TPSA) is 71.3 Å². The zero-order chi connectivity index (χ0) is 92.6. The van der Waals surface area contributed by atoms with Gasteiger partial charge in [-0.3, -0.25) is 0 Å². The first-order valence-electron chi connectivity index (χ1n) is 48.8. The fourth-order valence-corrected chi connectivity index (χ4v) is 24.3. The molecule has 0 saturated carbocycles. The van der Waals surface area contributed by atoms with E-state index in [1.807, 2.05) is 12.1 Å². The summed E-state index contributed by atoms with van der Waals surface area (Å²) in [6.07, 6.45) is 0. The lowest BCUT2D eigenvalue weighted by Gasteiger charge is -2.17. The Morgan fingerprint density at radius 1 is 0.134 bits per heavy atom. The zero-order valence-electron chi connectivity index (χ0n) is 76.6. The van der Waals surface area contributed by atoms with Crippen LogP contribution in [0, 0.1) is 0 Å². The molecule has 654 valence electrons. The molecule has 142 heavy (non-hydrogen) atoms. The number of fused-ring (bicyclic) bond motifs is 29. The molecule has 0 N–H and O–H groups in total. The predicted octanol–water partition coefficient (Wildman–Crippen LogP) is 35.5. The lowest BCUT2D eigenvalue weighted by Crippen LogP contribution is -1.99. The summed E-state index contributed by atoms with van der Waals surface area (Å²) in [5.74, 6) is 0. The van der Waals surface area contributed by atoms with Crippen LogP contribution in [0.4, 0.5) is 0 Å². The monoisotopic (exact) mass is 1800 g/mol. The van der Waals surface area contributed by atoms with Crippen molar-refractivity contribution in [3.63, 3.8) is 0 Å². The van der Waals surface area contributed by atoms with Crippen LogP contribution in [0.2, 0.25) is 0 Å². The van der Waals surface area contributed by atoms with Crippen LogP contribution in [-0.4, -0.2) is 38.2 Å². The smallest absolute Gasteiger partial charge is 0.0979 e. The number of para-hydroxylation sites is 7. The summed E-state index contributed by atoms with van der Waals surface area (Å²) < 4.78 is 9.87. The number of benzene rings is 25. The second-order valence-corrected chi connectivity index (χ2v) is 38.1. The van der Waals surface area contributed by atoms with Gasteiger partial charge in [0.1, 0.15) is 0 Å². The van der Waals surface area contributed by atoms with Crippen molar-refractivity contribution in [2.24, 2.45) is 0 Å². The summed E-state index contributed by atoms with van der Waals surface area (Å²) in [6.45, 7) is 0. The number of rotatable bonds is 8. The van der Waals surface area contributed by atoms with Crippen molar-refractivity contribution >= 4 is 217 Å². The third kappa shape index (κ3) is 11.6. The van der Waals surface area contributed by atoms with E-state index in [4.69, 9.17) is 19.9 Å². The van der Waals surface area contributed by atoms with E-state index in [0.29, 0.717) is 0 Å². The third-order valence-electron chi connectivity index (χ3n) is 30.6. The van der Waals surface area contributed by atoms with E-state index in [9.17, 15) is 0 Å². The Kier molecular flexibility index (Phi) is 16.7. The van der Waals surface area contributed by atoms with Gasteiger partial charge in [-0.1, -0.05) is 328 Å². The Morgan fingerprint density at radius 2 is 0.472 bits per heavy atom. The molecule has 32 rings (SSSR count). The SMILES string of the molecule is c1ccc2c(c1)-c1cccc3c(-c4nc5ccccc5nc4-c4ccc(-n5c6ccccc6c6cc7cc(-n8c9ccccc9c9cc%10ccccc%10cc98)ccc7cc65)c5ccccc45)ccc-2c13.c1ccc2cc3c(cc2c1)c1ccccc1n3-c1cccc2c1c1cc3ccccc3cc1n2-c1ccc2c(-c3nc4ccccc4nc3-c3ccc4c5ccccc5c5ccccc5c4c3)cccc2c1. The van der Waals surface area contributed by atoms with Crippen molar-refractivity contribution < 1.29 is 0 Å². The van der Waals surface area contributed by atoms with E-state index in [1.54, 1.807) is 0 Å². The summed E-state index contributed by atoms with van der Waals surface area (Å²) in [5, 5.41) is 34.1. The Bertz CT molecular complexity index is 11000. The highest BCUT2D eigenvalue weighted by molar-refractivity contribution is 6.28. The number of aromatic nitrogens is 8. The summed E-state index contributed by atoms with van der Waals surface area (Å²) >= 11 is 0. The molecular formula is C134H78N8. The van der Waals surface area contributed by atoms with Crippen molar-refractivity contribution in [3.05, 3.63) is 473 Å². The van der Waals surface area contributed by atoms with Gasteiger partial charge in [0.15, 0.2) is 0 Å². The minimum Gasteiger partial charge on any atom is -0.309 e. The highest BCUT2D eigenvalue weighted by Crippen LogP contribution is 2.53. The van der Waals surface area contributed by atoms with Gasteiger partial charge in [-0.2, -0.15) is 0 Å². The molecule has 0 fully saturated rings. The van der Waals surface area contributed by atoms with E-state index in [0.717, 1.165) is 122 Å². The van der Waals surface area contributed by atoms with Crippen LogP contribution >= 0.6 is 0 Å². The highest BCUT2D eigenvalue weighted by Gasteiger charge is 2.30. The molecule has 0 radical (unpaired) electrons. The molecule has 0 unspecified atom stereocenters. The van der Waals surface area contributed by atoms with Crippen molar-refractivity contribution in [3.8, 4) is 90.0 Å². The van der Waals surface area contributed by atoms with E-state index < -0.39 is 0 Å². The molecule has 6 heterocycles. The number of hydrogen-bond acceptors (Lipinski definition) is 4. The average molecular weight is 1800 g/mol. The van der Waals surface area contributed by atoms with Crippen LogP contribution < -0.4 is 0 Å². The molecule has 1 aliphatic rings. The van der Waals surface area contributed by atoms with E-state index in [2.05, 4.69) is 479 Å². The average Bonchev–Trinajstić information content (AvgIpc) is 1.52. The van der Waals surface area contributed by atoms with Gasteiger partial charge in [0.25, 0.3) is 0 Å². The number of nitrogens with zero attached hydrogens (tertiary/aromatic N) is 8. The van der Waals surface area contributed by atoms with Crippen molar-refractivity contribution in [2.45, 2.75) is 0 Å². The molecule has 31 aromatic rings. The van der Waals surface area contributed by atoms with Gasteiger partial charge < -0.3 is 18.3 Å². The van der Waals surface area contributed by atoms with E-state index in [1.165, 1.54) is 185 Å². The van der Waals surface area contributed by atoms with Gasteiger partial charge in [0.05, 0.1) is 100 Å². The van der Waals surface area contributed by atoms with Crippen LogP contribution in [0.25, 0.3) is 307 Å². The third-order valence-corrected chi connectivity index (χ3v) is 30.6. The fraction of sp³-hybridized carbons (Fsp3) is 0. The maximum absolute atomic E-state index is 5.51. The van der Waals surface area contributed by atoms with Crippen molar-refractivity contribution in [1.29, 1.82) is 0 Å². The van der Waals surface area contributed by atoms with Gasteiger partial charge in [-0.05, 0) is 270 Å². The second kappa shape index (κ2) is 30.2. The van der Waals surface area contributed by atoms with Crippen LogP contribution in [0.15, 0.2) is 473 Å². The van der Waals surface area contributed by atoms with Gasteiger partial charge >= 0.3 is 0 Å². The summed E-state index contributed by atoms with van der Waals surface area (Å²) in [4.78, 5) is 21.9. The lowest BCUT2D eigenvalue weighted by atomic mass is 9.92.